The molecule has 11 heteroatoms. The normalized spacial score (nSPS) is 11.5. The molecule has 0 unspecified atom stereocenters. The summed E-state index contributed by atoms with van der Waals surface area (Å²) in [6.07, 6.45) is -5.26. The van der Waals surface area contributed by atoms with Crippen LogP contribution >= 0.6 is 0 Å². The Bertz CT molecular complexity index is 497. The predicted octanol–water partition coefficient (Wildman–Crippen LogP) is 4.34. The van der Waals surface area contributed by atoms with Crippen LogP contribution in [-0.2, 0) is 19.5 Å². The van der Waals surface area contributed by atoms with E-state index >= 15 is 0 Å². The lowest BCUT2D eigenvalue weighted by Crippen LogP contribution is -2.27. The molecule has 1 radical (unpaired) electrons. The lowest BCUT2D eigenvalue weighted by atomic mass is 10.2. The second-order valence-corrected chi connectivity index (χ2v) is 5.26. The van der Waals surface area contributed by atoms with Crippen LogP contribution in [0, 0.1) is 23.3 Å². The van der Waals surface area contributed by atoms with Gasteiger partial charge in [0.05, 0.1) is 5.56 Å². The molecule has 0 N–H and O–H groups in total. The van der Waals surface area contributed by atoms with Gasteiger partial charge in [-0.05, 0) is 26.8 Å². The van der Waals surface area contributed by atoms with Gasteiger partial charge in [0, 0.05) is 19.8 Å². The molecule has 0 fully saturated rings. The first-order chi connectivity index (χ1) is 11.1. The maximum absolute atomic E-state index is 12.4. The van der Waals surface area contributed by atoms with Crippen molar-refractivity contribution in [3.05, 3.63) is 34.9 Å². The molecular formula is C13H16F7O3Si. The van der Waals surface area contributed by atoms with E-state index in [0.29, 0.717) is 19.8 Å². The second-order valence-electron chi connectivity index (χ2n) is 3.89. The molecule has 0 saturated carbocycles. The van der Waals surface area contributed by atoms with E-state index in [0.717, 1.165) is 0 Å². The zero-order valence-electron chi connectivity index (χ0n) is 13.1. The Balaban J connectivity index is 0.000000470. The van der Waals surface area contributed by atoms with E-state index in [1.54, 1.807) is 0 Å². The van der Waals surface area contributed by atoms with Crippen LogP contribution in [0.5, 0.6) is 0 Å². The predicted molar refractivity (Wildman–Crippen MR) is 71.9 cm³/mol. The average Bonchev–Trinajstić information content (AvgIpc) is 2.49. The van der Waals surface area contributed by atoms with E-state index in [4.69, 9.17) is 13.3 Å². The molecule has 0 amide bonds. The fourth-order valence-electron chi connectivity index (χ4n) is 1.26. The first kappa shape index (κ1) is 22.8. The third-order valence-corrected chi connectivity index (χ3v) is 3.77. The van der Waals surface area contributed by atoms with E-state index in [1.165, 1.54) is 0 Å². The van der Waals surface area contributed by atoms with Crippen LogP contribution in [0.2, 0.25) is 0 Å². The highest BCUT2D eigenvalue weighted by atomic mass is 28.3. The zero-order chi connectivity index (χ0) is 18.9. The Hall–Kier alpha value is -1.17. The smallest absolute Gasteiger partial charge is 0.371 e. The third kappa shape index (κ3) is 7.15. The van der Waals surface area contributed by atoms with Crippen LogP contribution in [0.3, 0.4) is 0 Å². The third-order valence-electron chi connectivity index (χ3n) is 2.19. The lowest BCUT2D eigenvalue weighted by molar-refractivity contribution is -0.140. The van der Waals surface area contributed by atoms with Gasteiger partial charge in [-0.25, -0.2) is 17.6 Å². The van der Waals surface area contributed by atoms with Crippen LogP contribution in [0.1, 0.15) is 26.3 Å². The molecule has 139 valence electrons. The van der Waals surface area contributed by atoms with E-state index in [2.05, 4.69) is 0 Å². The molecule has 0 saturated heterocycles. The molecule has 0 aromatic heterocycles. The number of alkyl halides is 3. The largest absolute Gasteiger partial charge is 0.577 e. The summed E-state index contributed by atoms with van der Waals surface area (Å²) in [5.74, 6) is -9.28. The van der Waals surface area contributed by atoms with Crippen LogP contribution in [0.4, 0.5) is 30.7 Å². The Morgan fingerprint density at radius 1 is 0.792 bits per heavy atom. The molecule has 0 aliphatic rings. The van der Waals surface area contributed by atoms with Crippen molar-refractivity contribution in [2.24, 2.45) is 0 Å². The standard InChI is InChI=1S/C7HF7.C6H15O3Si/c8-3-1-2(7(12,13)14)4(9)6(11)5(3)10;1-4-7-10(8-5-2)9-6-3/h1H;4-6H2,1-3H3. The molecule has 1 aromatic carbocycles. The fraction of sp³-hybridized carbons (Fsp3) is 0.538. The van der Waals surface area contributed by atoms with Crippen molar-refractivity contribution < 1.29 is 44.0 Å². The Kier molecular flexibility index (Phi) is 10.1. The van der Waals surface area contributed by atoms with Crippen LogP contribution in [0.25, 0.3) is 0 Å². The van der Waals surface area contributed by atoms with Crippen molar-refractivity contribution in [3.8, 4) is 0 Å². The minimum atomic E-state index is -5.26. The van der Waals surface area contributed by atoms with Crippen LogP contribution in [-0.4, -0.2) is 29.3 Å². The topological polar surface area (TPSA) is 27.7 Å². The van der Waals surface area contributed by atoms with Gasteiger partial charge in [-0.15, -0.1) is 0 Å². The van der Waals surface area contributed by atoms with Gasteiger partial charge in [-0.2, -0.15) is 13.2 Å². The number of hydrogen-bond acceptors (Lipinski definition) is 3. The van der Waals surface area contributed by atoms with Gasteiger partial charge in [0.25, 0.3) is 0 Å². The molecule has 0 atom stereocenters. The van der Waals surface area contributed by atoms with E-state index < -0.39 is 50.6 Å². The molecule has 0 heterocycles. The van der Waals surface area contributed by atoms with Crippen LogP contribution in [0.15, 0.2) is 6.07 Å². The number of hydrogen-bond donors (Lipinski definition) is 0. The second kappa shape index (κ2) is 10.6. The first-order valence-electron chi connectivity index (χ1n) is 6.75. The maximum atomic E-state index is 12.4. The molecule has 24 heavy (non-hydrogen) atoms. The summed E-state index contributed by atoms with van der Waals surface area (Å²) in [6, 6.07) is -0.437. The SMILES string of the molecule is CCO[Si](OCC)OCC.Fc1cc(C(F)(F)F)c(F)c(F)c1F. The summed E-state index contributed by atoms with van der Waals surface area (Å²) >= 11 is 0. The Morgan fingerprint density at radius 3 is 1.54 bits per heavy atom. The molecule has 0 aliphatic heterocycles. The van der Waals surface area contributed by atoms with Gasteiger partial charge in [-0.1, -0.05) is 0 Å². The number of rotatable bonds is 6. The van der Waals surface area contributed by atoms with Crippen molar-refractivity contribution in [2.45, 2.75) is 26.9 Å². The Morgan fingerprint density at radius 2 is 1.21 bits per heavy atom. The minimum absolute atomic E-state index is 0.437. The molecule has 1 aromatic rings. The quantitative estimate of drug-likeness (QED) is 0.318. The summed E-state index contributed by atoms with van der Waals surface area (Å²) in [6.45, 7) is 7.78. The van der Waals surface area contributed by atoms with Gasteiger partial charge < -0.3 is 13.3 Å². The molecule has 0 aliphatic carbocycles. The van der Waals surface area contributed by atoms with Crippen molar-refractivity contribution in [3.63, 3.8) is 0 Å². The average molecular weight is 381 g/mol. The van der Waals surface area contributed by atoms with E-state index in [1.807, 2.05) is 20.8 Å². The molecule has 0 bridgehead atoms. The Labute approximate surface area is 136 Å². The first-order valence-corrected chi connectivity index (χ1v) is 7.97. The highest BCUT2D eigenvalue weighted by Gasteiger charge is 2.37. The van der Waals surface area contributed by atoms with Crippen molar-refractivity contribution in [2.75, 3.05) is 19.8 Å². The minimum Gasteiger partial charge on any atom is -0.371 e. The summed E-state index contributed by atoms with van der Waals surface area (Å²) in [7, 11) is -1.40. The summed E-state index contributed by atoms with van der Waals surface area (Å²) < 4.78 is 100. The lowest BCUT2D eigenvalue weighted by Gasteiger charge is -2.10. The van der Waals surface area contributed by atoms with Gasteiger partial charge >= 0.3 is 15.7 Å². The van der Waals surface area contributed by atoms with Crippen LogP contribution < -0.4 is 0 Å². The van der Waals surface area contributed by atoms with Crippen molar-refractivity contribution >= 4 is 9.53 Å². The molecular weight excluding hydrogens is 365 g/mol. The highest BCUT2D eigenvalue weighted by molar-refractivity contribution is 6.36. The van der Waals surface area contributed by atoms with E-state index in [-0.39, 0.29) is 0 Å². The molecule has 1 rings (SSSR count). The van der Waals surface area contributed by atoms with Gasteiger partial charge in [0.1, 0.15) is 0 Å². The van der Waals surface area contributed by atoms with E-state index in [9.17, 15) is 30.7 Å². The molecule has 3 nitrogen and oxygen atoms in total. The maximum Gasteiger partial charge on any atom is 0.577 e. The zero-order valence-corrected chi connectivity index (χ0v) is 14.1. The van der Waals surface area contributed by atoms with Gasteiger partial charge in [0.2, 0.25) is 0 Å². The fourth-order valence-corrected chi connectivity index (χ4v) is 2.21. The van der Waals surface area contributed by atoms with Gasteiger partial charge in [-0.3, -0.25) is 0 Å². The summed E-state index contributed by atoms with van der Waals surface area (Å²) in [5.41, 5.74) is -2.17. The summed E-state index contributed by atoms with van der Waals surface area (Å²) in [5, 5.41) is 0. The monoisotopic (exact) mass is 381 g/mol. The number of benzene rings is 1. The van der Waals surface area contributed by atoms with Crippen molar-refractivity contribution in [1.29, 1.82) is 0 Å². The molecule has 0 spiro atoms. The van der Waals surface area contributed by atoms with Crippen molar-refractivity contribution in [1.82, 2.24) is 0 Å². The summed E-state index contributed by atoms with van der Waals surface area (Å²) in [4.78, 5) is 0. The number of halogens is 7. The van der Waals surface area contributed by atoms with Gasteiger partial charge in [0.15, 0.2) is 23.3 Å². The highest BCUT2D eigenvalue weighted by Crippen LogP contribution is 2.33.